The van der Waals surface area contributed by atoms with Crippen molar-refractivity contribution in [3.8, 4) is 5.75 Å². The quantitative estimate of drug-likeness (QED) is 0.128. The highest BCUT2D eigenvalue weighted by Crippen LogP contribution is 2.38. The molecule has 3 aromatic carbocycles. The van der Waals surface area contributed by atoms with Gasteiger partial charge in [-0.3, -0.25) is 14.1 Å². The molecule has 3 aromatic rings. The van der Waals surface area contributed by atoms with Gasteiger partial charge in [0.2, 0.25) is 11.8 Å². The molecule has 0 radical (unpaired) electrons. The van der Waals surface area contributed by atoms with Crippen LogP contribution in [-0.4, -0.2) is 52.5 Å². The lowest BCUT2D eigenvalue weighted by atomic mass is 9.98. The van der Waals surface area contributed by atoms with E-state index in [9.17, 15) is 28.9 Å². The van der Waals surface area contributed by atoms with Crippen LogP contribution in [0, 0.1) is 5.92 Å². The molecule has 242 valence electrons. The maximum absolute atomic E-state index is 13.6. The van der Waals surface area contributed by atoms with Gasteiger partial charge in [0, 0.05) is 12.8 Å². The van der Waals surface area contributed by atoms with Crippen molar-refractivity contribution in [2.45, 2.75) is 64.8 Å². The number of carboxylic acids is 1. The van der Waals surface area contributed by atoms with Crippen LogP contribution in [0.4, 0.5) is 0 Å². The Labute approximate surface area is 263 Å². The fourth-order valence-electron chi connectivity index (χ4n) is 4.56. The average Bonchev–Trinajstić information content (AvgIpc) is 3.03. The second-order valence-corrected chi connectivity index (χ2v) is 12.3. The summed E-state index contributed by atoms with van der Waals surface area (Å²) >= 11 is 0. The van der Waals surface area contributed by atoms with Gasteiger partial charge >= 0.3 is 13.7 Å². The summed E-state index contributed by atoms with van der Waals surface area (Å²) in [5.74, 6) is -2.43. The molecule has 1 unspecified atom stereocenters. The molecule has 0 aliphatic rings. The molecule has 3 rings (SSSR count). The third-order valence-electron chi connectivity index (χ3n) is 7.24. The third kappa shape index (κ3) is 11.8. The first kappa shape index (κ1) is 35.5. The number of nitrogens with one attached hydrogen (secondary N) is 3. The molecule has 0 saturated carbocycles. The van der Waals surface area contributed by atoms with Gasteiger partial charge in [-0.25, -0.2) is 14.4 Å². The number of ether oxygens (including phenoxy) is 1. The number of amides is 2. The van der Waals surface area contributed by atoms with E-state index < -0.39 is 49.6 Å². The van der Waals surface area contributed by atoms with E-state index in [1.807, 2.05) is 37.3 Å². The van der Waals surface area contributed by atoms with E-state index in [0.29, 0.717) is 29.9 Å². The zero-order valence-electron chi connectivity index (χ0n) is 25.7. The number of carbonyl (C=O) groups excluding carboxylic acids is 2. The van der Waals surface area contributed by atoms with E-state index in [-0.39, 0.29) is 19.4 Å². The fraction of sp³-hybridized carbons (Fsp3) is 0.364. The number of rotatable bonds is 18. The Morgan fingerprint density at radius 1 is 0.778 bits per heavy atom. The molecule has 11 nitrogen and oxygen atoms in total. The van der Waals surface area contributed by atoms with Crippen molar-refractivity contribution in [3.63, 3.8) is 0 Å². The molecule has 0 aliphatic carbocycles. The number of aliphatic carboxylic acids is 1. The molecule has 2 amide bonds. The molecular weight excluding hydrogens is 597 g/mol. The van der Waals surface area contributed by atoms with E-state index in [1.165, 1.54) is 0 Å². The van der Waals surface area contributed by atoms with Crippen LogP contribution in [0.2, 0.25) is 0 Å². The Morgan fingerprint density at radius 3 is 1.87 bits per heavy atom. The van der Waals surface area contributed by atoms with Gasteiger partial charge in [-0.2, -0.15) is 0 Å². The lowest BCUT2D eigenvalue weighted by molar-refractivity contribution is -0.142. The first-order valence-electron chi connectivity index (χ1n) is 14.9. The number of carbonyl (C=O) groups is 3. The molecule has 12 heteroatoms. The Kier molecular flexibility index (Phi) is 13.8. The zero-order chi connectivity index (χ0) is 32.8. The van der Waals surface area contributed by atoms with Crippen molar-refractivity contribution in [3.05, 3.63) is 102 Å². The first-order chi connectivity index (χ1) is 21.5. The Bertz CT molecular complexity index is 1420. The lowest BCUT2D eigenvalue weighted by Crippen LogP contribution is -2.57. The van der Waals surface area contributed by atoms with Gasteiger partial charge in [0.1, 0.15) is 24.4 Å². The fourth-order valence-corrected chi connectivity index (χ4v) is 5.71. The molecule has 0 bridgehead atoms. The molecule has 0 aliphatic heterocycles. The third-order valence-corrected chi connectivity index (χ3v) is 8.46. The largest absolute Gasteiger partial charge is 0.489 e. The SMILES string of the molecule is CCOP(=O)(O)N[C@H](C(=O)N[C@@H](Cc1ccc(OCc2ccccc2)cc1)C(=O)N[C@@H](Cc1ccccc1)C(=O)O)[C@@H](C)CC. The molecule has 0 aromatic heterocycles. The minimum absolute atomic E-state index is 0.0175. The summed E-state index contributed by atoms with van der Waals surface area (Å²) in [5.41, 5.74) is 2.39. The van der Waals surface area contributed by atoms with Gasteiger partial charge in [-0.05, 0) is 41.7 Å². The van der Waals surface area contributed by atoms with Crippen LogP contribution in [0.25, 0.3) is 0 Å². The first-order valence-corrected chi connectivity index (χ1v) is 16.5. The average molecular weight is 640 g/mol. The highest BCUT2D eigenvalue weighted by atomic mass is 31.2. The molecule has 5 N–H and O–H groups in total. The maximum atomic E-state index is 13.6. The number of carboxylic acid groups (broad SMARTS) is 1. The van der Waals surface area contributed by atoms with Crippen LogP contribution in [0.15, 0.2) is 84.9 Å². The van der Waals surface area contributed by atoms with Crippen molar-refractivity contribution < 1.29 is 38.2 Å². The Balaban J connectivity index is 1.82. The van der Waals surface area contributed by atoms with E-state index in [4.69, 9.17) is 9.26 Å². The van der Waals surface area contributed by atoms with Crippen LogP contribution in [0.5, 0.6) is 5.75 Å². The zero-order valence-corrected chi connectivity index (χ0v) is 26.6. The van der Waals surface area contributed by atoms with Crippen molar-refractivity contribution in [2.75, 3.05) is 6.61 Å². The molecule has 0 fully saturated rings. The summed E-state index contributed by atoms with van der Waals surface area (Å²) in [4.78, 5) is 49.4. The van der Waals surface area contributed by atoms with Crippen LogP contribution in [0.1, 0.15) is 43.9 Å². The van der Waals surface area contributed by atoms with Crippen molar-refractivity contribution in [1.29, 1.82) is 0 Å². The normalized spacial score (nSPS) is 15.1. The molecule has 45 heavy (non-hydrogen) atoms. The summed E-state index contributed by atoms with van der Waals surface area (Å²) in [6.07, 6.45) is 0.537. The highest BCUT2D eigenvalue weighted by Gasteiger charge is 2.35. The van der Waals surface area contributed by atoms with Crippen LogP contribution in [-0.2, 0) is 42.9 Å². The minimum Gasteiger partial charge on any atom is -0.489 e. The van der Waals surface area contributed by atoms with E-state index in [2.05, 4.69) is 15.7 Å². The number of benzene rings is 3. The Morgan fingerprint density at radius 2 is 1.31 bits per heavy atom. The smallest absolute Gasteiger partial charge is 0.403 e. The molecule has 0 saturated heterocycles. The van der Waals surface area contributed by atoms with Gasteiger partial charge in [0.05, 0.1) is 12.6 Å². The topological polar surface area (TPSA) is 163 Å². The Hall–Kier alpha value is -4.02. The van der Waals surface area contributed by atoms with Gasteiger partial charge in [-0.15, -0.1) is 0 Å². The van der Waals surface area contributed by atoms with E-state index in [0.717, 1.165) is 5.56 Å². The molecule has 5 atom stereocenters. The predicted octanol–water partition coefficient (Wildman–Crippen LogP) is 4.25. The van der Waals surface area contributed by atoms with Crippen molar-refractivity contribution in [1.82, 2.24) is 15.7 Å². The van der Waals surface area contributed by atoms with Crippen LogP contribution in [0.3, 0.4) is 0 Å². The second-order valence-electron chi connectivity index (χ2n) is 10.7. The molecule has 0 heterocycles. The standard InChI is InChI=1S/C33H42N3O8P/c1-4-23(3)30(36-45(41,42)44-5-2)32(38)34-28(31(37)35-29(33(39)40)21-24-12-8-6-9-13-24)20-25-16-18-27(19-17-25)43-22-26-14-10-7-11-15-26/h6-19,23,28-30H,4-5,20-22H2,1-3H3,(H,34,38)(H,35,37)(H,39,40)(H2,36,41,42)/t23-,28-,29-,30-/m0/s1. The van der Waals surface area contributed by atoms with Gasteiger partial charge in [0.15, 0.2) is 0 Å². The molecular formula is C33H42N3O8P. The maximum Gasteiger partial charge on any atom is 0.403 e. The van der Waals surface area contributed by atoms with Gasteiger partial charge in [0.25, 0.3) is 0 Å². The monoisotopic (exact) mass is 639 g/mol. The minimum atomic E-state index is -4.32. The van der Waals surface area contributed by atoms with Crippen molar-refractivity contribution in [2.24, 2.45) is 5.92 Å². The molecule has 0 spiro atoms. The predicted molar refractivity (Wildman–Crippen MR) is 170 cm³/mol. The lowest BCUT2D eigenvalue weighted by Gasteiger charge is -2.28. The highest BCUT2D eigenvalue weighted by molar-refractivity contribution is 7.50. The van der Waals surface area contributed by atoms with Gasteiger partial charge < -0.3 is 25.4 Å². The van der Waals surface area contributed by atoms with Crippen molar-refractivity contribution >= 4 is 25.5 Å². The van der Waals surface area contributed by atoms with Crippen LogP contribution < -0.4 is 20.5 Å². The second kappa shape index (κ2) is 17.5. The summed E-state index contributed by atoms with van der Waals surface area (Å²) in [5, 5.41) is 17.5. The number of hydrogen-bond donors (Lipinski definition) is 5. The van der Waals surface area contributed by atoms with E-state index >= 15 is 0 Å². The van der Waals surface area contributed by atoms with Crippen LogP contribution >= 0.6 is 7.75 Å². The summed E-state index contributed by atoms with van der Waals surface area (Å²) < 4.78 is 23.3. The van der Waals surface area contributed by atoms with E-state index in [1.54, 1.807) is 68.4 Å². The summed E-state index contributed by atoms with van der Waals surface area (Å²) in [7, 11) is -4.32. The van der Waals surface area contributed by atoms with Gasteiger partial charge in [-0.1, -0.05) is 93.1 Å². The number of hydrogen-bond acceptors (Lipinski definition) is 6. The summed E-state index contributed by atoms with van der Waals surface area (Å²) in [6, 6.07) is 21.9. The summed E-state index contributed by atoms with van der Waals surface area (Å²) in [6.45, 7) is 5.42.